The molecule has 360 valence electrons. The summed E-state index contributed by atoms with van der Waals surface area (Å²) < 4.78 is 0. The van der Waals surface area contributed by atoms with E-state index in [-0.39, 0.29) is 10.8 Å². The zero-order chi connectivity index (χ0) is 50.1. The SMILES string of the molecule is CCC1(CC)c2cc(/C=C/c3ccc(-c4cc(-c5ccccc5)ccc4-c4ccc5c(c4)C4(C6=C(CCC=C6)C6C=CC=CC64)c4ccccc4-5)cc3)ccc2-c2ccc(N(c3ccccc3)c3ccccc3)cc21. The van der Waals surface area contributed by atoms with Crippen LogP contribution in [0.2, 0.25) is 0 Å². The molecule has 1 spiro atoms. The average molecular weight is 962 g/mol. The fourth-order valence-corrected chi connectivity index (χ4v) is 14.2. The number of rotatable bonds is 10. The molecule has 1 nitrogen and oxygen atoms in total. The quantitative estimate of drug-likeness (QED) is 0.123. The summed E-state index contributed by atoms with van der Waals surface area (Å²) in [6.45, 7) is 4.73. The Hall–Kier alpha value is -8.52. The smallest absolute Gasteiger partial charge is 0.0534 e. The van der Waals surface area contributed by atoms with Crippen molar-refractivity contribution in [3.05, 3.63) is 293 Å². The van der Waals surface area contributed by atoms with E-state index in [0.717, 1.165) is 37.1 Å². The summed E-state index contributed by atoms with van der Waals surface area (Å²) in [6.07, 6.45) is 23.4. The van der Waals surface area contributed by atoms with Crippen LogP contribution in [-0.2, 0) is 10.8 Å². The lowest BCUT2D eigenvalue weighted by molar-refractivity contribution is 0.431. The van der Waals surface area contributed by atoms with E-state index in [9.17, 15) is 0 Å². The summed E-state index contributed by atoms with van der Waals surface area (Å²) in [5, 5.41) is 0. The Labute approximate surface area is 442 Å². The highest BCUT2D eigenvalue weighted by atomic mass is 15.1. The average Bonchev–Trinajstić information content (AvgIpc) is 4.19. The molecule has 75 heavy (non-hydrogen) atoms. The molecule has 0 saturated heterocycles. The van der Waals surface area contributed by atoms with Crippen LogP contribution in [0.1, 0.15) is 72.9 Å². The van der Waals surface area contributed by atoms with Gasteiger partial charge in [0.2, 0.25) is 0 Å². The van der Waals surface area contributed by atoms with Gasteiger partial charge < -0.3 is 4.90 Å². The van der Waals surface area contributed by atoms with Crippen LogP contribution < -0.4 is 4.90 Å². The third-order valence-electron chi connectivity index (χ3n) is 17.7. The number of benzene rings is 9. The maximum absolute atomic E-state index is 2.57. The van der Waals surface area contributed by atoms with Crippen molar-refractivity contribution in [1.29, 1.82) is 0 Å². The van der Waals surface area contributed by atoms with E-state index in [1.54, 1.807) is 5.57 Å². The molecule has 0 heterocycles. The lowest BCUT2D eigenvalue weighted by Gasteiger charge is -2.37. The molecule has 3 atom stereocenters. The van der Waals surface area contributed by atoms with Gasteiger partial charge in [0.25, 0.3) is 0 Å². The van der Waals surface area contributed by atoms with Crippen LogP contribution in [-0.4, -0.2) is 0 Å². The zero-order valence-electron chi connectivity index (χ0n) is 42.8. The molecule has 0 aliphatic heterocycles. The number of para-hydroxylation sites is 2. The number of nitrogens with zero attached hydrogens (tertiary/aromatic N) is 1. The van der Waals surface area contributed by atoms with Crippen molar-refractivity contribution in [2.75, 3.05) is 4.90 Å². The number of allylic oxidation sites excluding steroid dienone is 8. The number of hydrogen-bond donors (Lipinski definition) is 0. The van der Waals surface area contributed by atoms with Gasteiger partial charge in [-0.25, -0.2) is 0 Å². The molecule has 1 heteroatoms. The van der Waals surface area contributed by atoms with Gasteiger partial charge in [-0.05, 0) is 169 Å². The van der Waals surface area contributed by atoms with Crippen LogP contribution in [0.25, 0.3) is 67.8 Å². The minimum Gasteiger partial charge on any atom is -0.310 e. The number of hydrogen-bond acceptors (Lipinski definition) is 1. The van der Waals surface area contributed by atoms with E-state index in [1.807, 2.05) is 0 Å². The topological polar surface area (TPSA) is 3.24 Å². The normalized spacial score (nSPS) is 19.0. The van der Waals surface area contributed by atoms with Crippen LogP contribution in [0.4, 0.5) is 17.1 Å². The summed E-state index contributed by atoms with van der Waals surface area (Å²) in [6, 6.07) is 79.6. The largest absolute Gasteiger partial charge is 0.310 e. The Morgan fingerprint density at radius 1 is 0.440 bits per heavy atom. The fraction of sp³-hybridized carbons (Fsp3) is 0.135. The van der Waals surface area contributed by atoms with E-state index in [4.69, 9.17) is 0 Å². The predicted octanol–water partition coefficient (Wildman–Crippen LogP) is 19.7. The Balaban J connectivity index is 0.813. The minimum absolute atomic E-state index is 0.0858. The van der Waals surface area contributed by atoms with E-state index >= 15 is 0 Å². The summed E-state index contributed by atoms with van der Waals surface area (Å²) >= 11 is 0. The van der Waals surface area contributed by atoms with Gasteiger partial charge in [-0.1, -0.05) is 232 Å². The standard InChI is InChI=1S/C74H59N/c1-3-73(4-2)70-46-51(36-42-63(70)64-45-41-58(49-71(64)73)75(56-22-10-6-11-23-56)57-24-12-7-13-25-57)33-32-50-34-37-53(38-35-50)66-47-54(52-20-8-5-9-21-52)39-43-59(66)55-40-44-65-62-28-16-19-31-69(62)74(72(65)48-55)67-29-17-14-26-60(67)61-27-15-18-30-68(61)74/h5-14,16-26,28-49,60,67H,3-4,15,27H2,1-2H3/b33-32+. The molecule has 9 aromatic carbocycles. The molecule has 0 saturated carbocycles. The van der Waals surface area contributed by atoms with Gasteiger partial charge in [-0.2, -0.15) is 0 Å². The summed E-state index contributed by atoms with van der Waals surface area (Å²) in [7, 11) is 0. The van der Waals surface area contributed by atoms with E-state index in [1.165, 1.54) is 100 Å². The molecule has 0 aromatic heterocycles. The van der Waals surface area contributed by atoms with Crippen molar-refractivity contribution in [2.45, 2.75) is 50.4 Å². The van der Waals surface area contributed by atoms with Gasteiger partial charge in [-0.15, -0.1) is 0 Å². The maximum Gasteiger partial charge on any atom is 0.0534 e. The van der Waals surface area contributed by atoms with Gasteiger partial charge in [0.15, 0.2) is 0 Å². The molecule has 0 fully saturated rings. The molecule has 9 aromatic rings. The van der Waals surface area contributed by atoms with Crippen molar-refractivity contribution in [2.24, 2.45) is 11.8 Å². The highest BCUT2D eigenvalue weighted by Crippen LogP contribution is 2.66. The molecular formula is C74H59N. The second-order valence-electron chi connectivity index (χ2n) is 21.2. The first-order valence-electron chi connectivity index (χ1n) is 27.2. The number of anilines is 3. The zero-order valence-corrected chi connectivity index (χ0v) is 42.8. The molecule has 5 aliphatic carbocycles. The Morgan fingerprint density at radius 2 is 1.03 bits per heavy atom. The van der Waals surface area contributed by atoms with Gasteiger partial charge >= 0.3 is 0 Å². The second-order valence-corrected chi connectivity index (χ2v) is 21.2. The van der Waals surface area contributed by atoms with Crippen LogP contribution in [0.3, 0.4) is 0 Å². The van der Waals surface area contributed by atoms with Gasteiger partial charge in [-0.3, -0.25) is 0 Å². The first kappa shape index (κ1) is 45.1. The summed E-state index contributed by atoms with van der Waals surface area (Å²) in [4.78, 5) is 2.39. The minimum atomic E-state index is -0.230. The van der Waals surface area contributed by atoms with Crippen molar-refractivity contribution in [1.82, 2.24) is 0 Å². The Bertz CT molecular complexity index is 3800. The first-order chi connectivity index (χ1) is 37.1. The van der Waals surface area contributed by atoms with Crippen LogP contribution in [0.5, 0.6) is 0 Å². The first-order valence-corrected chi connectivity index (χ1v) is 27.2. The van der Waals surface area contributed by atoms with Crippen LogP contribution >= 0.6 is 0 Å². The molecular weight excluding hydrogens is 903 g/mol. The highest BCUT2D eigenvalue weighted by molar-refractivity contribution is 5.93. The fourth-order valence-electron chi connectivity index (χ4n) is 14.2. The maximum atomic E-state index is 2.57. The molecule has 3 unspecified atom stereocenters. The Kier molecular flexibility index (Phi) is 10.9. The Morgan fingerprint density at radius 3 is 1.79 bits per heavy atom. The third kappa shape index (κ3) is 7.05. The number of fused-ring (bicyclic) bond motifs is 12. The molecule has 0 radical (unpaired) electrons. The van der Waals surface area contributed by atoms with Crippen molar-refractivity contribution in [3.8, 4) is 55.6 Å². The monoisotopic (exact) mass is 961 g/mol. The molecule has 5 aliphatic rings. The molecule has 14 rings (SSSR count). The molecule has 0 N–H and O–H groups in total. The van der Waals surface area contributed by atoms with Crippen LogP contribution in [0.15, 0.2) is 260 Å². The van der Waals surface area contributed by atoms with Gasteiger partial charge in [0.1, 0.15) is 0 Å². The summed E-state index contributed by atoms with van der Waals surface area (Å²) in [5.41, 5.74) is 27.3. The van der Waals surface area contributed by atoms with Gasteiger partial charge in [0.05, 0.1) is 5.41 Å². The van der Waals surface area contributed by atoms with E-state index < -0.39 is 0 Å². The lowest BCUT2D eigenvalue weighted by atomic mass is 9.64. The summed E-state index contributed by atoms with van der Waals surface area (Å²) in [5.74, 6) is 0.755. The second kappa shape index (κ2) is 18.1. The molecule has 0 amide bonds. The van der Waals surface area contributed by atoms with Crippen molar-refractivity contribution in [3.63, 3.8) is 0 Å². The van der Waals surface area contributed by atoms with Crippen LogP contribution in [0, 0.1) is 11.8 Å². The van der Waals surface area contributed by atoms with E-state index in [2.05, 4.69) is 280 Å². The van der Waals surface area contributed by atoms with Crippen molar-refractivity contribution >= 4 is 29.2 Å². The highest BCUT2D eigenvalue weighted by Gasteiger charge is 2.57. The van der Waals surface area contributed by atoms with Crippen molar-refractivity contribution < 1.29 is 0 Å². The lowest BCUT2D eigenvalue weighted by Crippen LogP contribution is -2.34. The van der Waals surface area contributed by atoms with Gasteiger partial charge in [0, 0.05) is 34.3 Å². The third-order valence-corrected chi connectivity index (χ3v) is 17.7. The molecule has 0 bridgehead atoms. The predicted molar refractivity (Wildman–Crippen MR) is 316 cm³/mol. The van der Waals surface area contributed by atoms with E-state index in [0.29, 0.717) is 11.8 Å².